The molecule has 0 fully saturated rings. The number of benzene rings is 1. The van der Waals surface area contributed by atoms with Crippen LogP contribution in [0.3, 0.4) is 0 Å². The minimum Gasteiger partial charge on any atom is -0.383 e. The number of aromatic nitrogens is 2. The summed E-state index contributed by atoms with van der Waals surface area (Å²) >= 11 is 0. The van der Waals surface area contributed by atoms with Gasteiger partial charge in [-0.15, -0.1) is 0 Å². The van der Waals surface area contributed by atoms with E-state index in [1.165, 1.54) is 0 Å². The highest BCUT2D eigenvalue weighted by molar-refractivity contribution is 5.73. The van der Waals surface area contributed by atoms with Gasteiger partial charge in [0.05, 0.1) is 6.20 Å². The number of anilines is 1. The maximum atomic E-state index is 13.0. The predicted molar refractivity (Wildman–Crippen MR) is 67.4 cm³/mol. The maximum Gasteiger partial charge on any atom is 0.249 e. The van der Waals surface area contributed by atoms with Crippen molar-refractivity contribution in [2.45, 2.75) is 19.3 Å². The first-order valence-corrected chi connectivity index (χ1v) is 5.61. The van der Waals surface area contributed by atoms with Crippen molar-refractivity contribution in [1.82, 2.24) is 9.78 Å². The molecule has 0 aliphatic carbocycles. The van der Waals surface area contributed by atoms with Gasteiger partial charge in [-0.1, -0.05) is 24.3 Å². The quantitative estimate of drug-likeness (QED) is 0.911. The van der Waals surface area contributed by atoms with Crippen LogP contribution >= 0.6 is 0 Å². The monoisotopic (exact) mass is 251 g/mol. The van der Waals surface area contributed by atoms with E-state index in [0.29, 0.717) is 11.4 Å². The molecule has 0 saturated heterocycles. The fraction of sp³-hybridized carbons (Fsp3) is 0.308. The highest BCUT2D eigenvalue weighted by Crippen LogP contribution is 2.27. The number of halogens is 2. The van der Waals surface area contributed by atoms with Gasteiger partial charge in [-0.25, -0.2) is 8.78 Å². The van der Waals surface area contributed by atoms with Crippen LogP contribution in [0.1, 0.15) is 12.5 Å². The van der Waals surface area contributed by atoms with Crippen LogP contribution in [0.25, 0.3) is 11.1 Å². The highest BCUT2D eigenvalue weighted by atomic mass is 19.3. The molecule has 2 N–H and O–H groups in total. The van der Waals surface area contributed by atoms with E-state index < -0.39 is 5.92 Å². The van der Waals surface area contributed by atoms with Crippen molar-refractivity contribution in [1.29, 1.82) is 0 Å². The molecule has 0 atom stereocenters. The van der Waals surface area contributed by atoms with Crippen LogP contribution in [-0.4, -0.2) is 15.7 Å². The summed E-state index contributed by atoms with van der Waals surface area (Å²) in [5.41, 5.74) is 8.02. The van der Waals surface area contributed by atoms with Crippen LogP contribution in [0, 0.1) is 0 Å². The first-order valence-electron chi connectivity index (χ1n) is 5.61. The van der Waals surface area contributed by atoms with Gasteiger partial charge in [-0.2, -0.15) is 5.10 Å². The molecule has 0 amide bonds. The Morgan fingerprint density at radius 3 is 2.67 bits per heavy atom. The molecular formula is C13H15F2N3. The third-order valence-corrected chi connectivity index (χ3v) is 2.74. The standard InChI is InChI=1S/C13H15F2N3/c1-13(14,15)7-9-4-3-5-10(6-9)11-8-17-18(2)12(11)16/h3-6,8H,7,16H2,1-2H3. The Morgan fingerprint density at radius 2 is 2.11 bits per heavy atom. The van der Waals surface area contributed by atoms with E-state index in [2.05, 4.69) is 5.10 Å². The van der Waals surface area contributed by atoms with Crippen molar-refractivity contribution in [2.24, 2.45) is 7.05 Å². The van der Waals surface area contributed by atoms with Crippen LogP contribution in [0.4, 0.5) is 14.6 Å². The van der Waals surface area contributed by atoms with Gasteiger partial charge in [0.2, 0.25) is 5.92 Å². The number of hydrogen-bond donors (Lipinski definition) is 1. The minimum atomic E-state index is -2.71. The van der Waals surface area contributed by atoms with Crippen LogP contribution in [0.2, 0.25) is 0 Å². The van der Waals surface area contributed by atoms with E-state index >= 15 is 0 Å². The van der Waals surface area contributed by atoms with Crippen LogP contribution in [-0.2, 0) is 13.5 Å². The summed E-state index contributed by atoms with van der Waals surface area (Å²) in [6.45, 7) is 0.915. The third-order valence-electron chi connectivity index (χ3n) is 2.74. The molecule has 0 radical (unpaired) electrons. The second-order valence-corrected chi connectivity index (χ2v) is 4.51. The molecule has 0 aliphatic rings. The maximum absolute atomic E-state index is 13.0. The van der Waals surface area contributed by atoms with Gasteiger partial charge in [-0.3, -0.25) is 4.68 Å². The van der Waals surface area contributed by atoms with Crippen molar-refractivity contribution in [2.75, 3.05) is 5.73 Å². The summed E-state index contributed by atoms with van der Waals surface area (Å²) in [6.07, 6.45) is 1.36. The molecule has 0 saturated carbocycles. The Kier molecular flexibility index (Phi) is 3.07. The van der Waals surface area contributed by atoms with Gasteiger partial charge in [0.1, 0.15) is 5.82 Å². The Labute approximate surface area is 104 Å². The van der Waals surface area contributed by atoms with Crippen molar-refractivity contribution < 1.29 is 8.78 Å². The lowest BCUT2D eigenvalue weighted by atomic mass is 10.0. The molecule has 2 aromatic rings. The summed E-state index contributed by atoms with van der Waals surface area (Å²) < 4.78 is 27.5. The van der Waals surface area contributed by atoms with Crippen molar-refractivity contribution in [3.8, 4) is 11.1 Å². The van der Waals surface area contributed by atoms with Gasteiger partial charge in [0.25, 0.3) is 0 Å². The van der Waals surface area contributed by atoms with Gasteiger partial charge in [-0.05, 0) is 18.1 Å². The largest absolute Gasteiger partial charge is 0.383 e. The van der Waals surface area contributed by atoms with E-state index in [1.807, 2.05) is 6.07 Å². The van der Waals surface area contributed by atoms with E-state index in [0.717, 1.165) is 18.1 Å². The molecule has 3 nitrogen and oxygen atoms in total. The zero-order valence-electron chi connectivity index (χ0n) is 10.3. The SMILES string of the molecule is Cn1ncc(-c2cccc(CC(C)(F)F)c2)c1N. The van der Waals surface area contributed by atoms with Crippen LogP contribution in [0.5, 0.6) is 0 Å². The first kappa shape index (κ1) is 12.5. The van der Waals surface area contributed by atoms with Gasteiger partial charge >= 0.3 is 0 Å². The van der Waals surface area contributed by atoms with Crippen molar-refractivity contribution in [3.63, 3.8) is 0 Å². The first-order chi connectivity index (χ1) is 8.37. The average Bonchev–Trinajstić information content (AvgIpc) is 2.58. The van der Waals surface area contributed by atoms with Crippen LogP contribution in [0.15, 0.2) is 30.5 Å². The molecule has 1 aromatic heterocycles. The molecule has 1 heterocycles. The molecule has 0 bridgehead atoms. The van der Waals surface area contributed by atoms with E-state index in [9.17, 15) is 8.78 Å². The highest BCUT2D eigenvalue weighted by Gasteiger charge is 2.21. The third kappa shape index (κ3) is 2.67. The number of rotatable bonds is 3. The summed E-state index contributed by atoms with van der Waals surface area (Å²) in [5.74, 6) is -2.19. The zero-order valence-corrected chi connectivity index (χ0v) is 10.3. The van der Waals surface area contributed by atoms with Gasteiger partial charge in [0.15, 0.2) is 0 Å². The van der Waals surface area contributed by atoms with Gasteiger partial charge < -0.3 is 5.73 Å². The van der Waals surface area contributed by atoms with Crippen LogP contribution < -0.4 is 5.73 Å². The van der Waals surface area contributed by atoms with Gasteiger partial charge in [0, 0.05) is 19.0 Å². The fourth-order valence-electron chi connectivity index (χ4n) is 1.88. The summed E-state index contributed by atoms with van der Waals surface area (Å²) in [5, 5.41) is 4.04. The summed E-state index contributed by atoms with van der Waals surface area (Å²) in [4.78, 5) is 0. The molecule has 0 spiro atoms. The second kappa shape index (κ2) is 4.40. The molecule has 0 aliphatic heterocycles. The number of aryl methyl sites for hydroxylation is 1. The molecular weight excluding hydrogens is 236 g/mol. The Bertz CT molecular complexity index is 556. The Hall–Kier alpha value is -1.91. The van der Waals surface area contributed by atoms with E-state index in [1.54, 1.807) is 36.1 Å². The average molecular weight is 251 g/mol. The zero-order chi connectivity index (χ0) is 13.3. The number of nitrogens with zero attached hydrogens (tertiary/aromatic N) is 2. The lowest BCUT2D eigenvalue weighted by Gasteiger charge is -2.11. The fourth-order valence-corrected chi connectivity index (χ4v) is 1.88. The summed E-state index contributed by atoms with van der Waals surface area (Å²) in [6, 6.07) is 7.01. The predicted octanol–water partition coefficient (Wildman–Crippen LogP) is 2.87. The van der Waals surface area contributed by atoms with Crippen molar-refractivity contribution in [3.05, 3.63) is 36.0 Å². The smallest absolute Gasteiger partial charge is 0.249 e. The second-order valence-electron chi connectivity index (χ2n) is 4.51. The Balaban J connectivity index is 2.36. The minimum absolute atomic E-state index is 0.277. The lowest BCUT2D eigenvalue weighted by Crippen LogP contribution is -2.13. The lowest BCUT2D eigenvalue weighted by molar-refractivity contribution is 0.0226. The number of nitrogens with two attached hydrogens (primary N) is 1. The van der Waals surface area contributed by atoms with Crippen molar-refractivity contribution >= 4 is 5.82 Å². The molecule has 1 aromatic carbocycles. The van der Waals surface area contributed by atoms with E-state index in [-0.39, 0.29) is 6.42 Å². The Morgan fingerprint density at radius 1 is 1.39 bits per heavy atom. The number of nitrogen functional groups attached to an aromatic ring is 1. The normalized spacial score (nSPS) is 11.8. The molecule has 18 heavy (non-hydrogen) atoms. The number of hydrogen-bond acceptors (Lipinski definition) is 2. The summed E-state index contributed by atoms with van der Waals surface area (Å²) in [7, 11) is 1.74. The topological polar surface area (TPSA) is 43.8 Å². The van der Waals surface area contributed by atoms with E-state index in [4.69, 9.17) is 5.73 Å². The number of alkyl halides is 2. The molecule has 2 rings (SSSR count). The molecule has 0 unspecified atom stereocenters. The molecule has 5 heteroatoms. The molecule has 96 valence electrons.